The maximum absolute atomic E-state index is 5.71. The number of hydrogen-bond donors (Lipinski definition) is 0. The Morgan fingerprint density at radius 2 is 2.39 bits per heavy atom. The van der Waals surface area contributed by atoms with Crippen LogP contribution in [0.2, 0.25) is 0 Å². The number of nitrogens with zero attached hydrogens (tertiary/aromatic N) is 2. The molecule has 94 valence electrons. The van der Waals surface area contributed by atoms with Gasteiger partial charge in [0.25, 0.3) is 0 Å². The van der Waals surface area contributed by atoms with E-state index >= 15 is 0 Å². The zero-order valence-corrected chi connectivity index (χ0v) is 11.6. The van der Waals surface area contributed by atoms with Crippen LogP contribution in [0.1, 0.15) is 11.1 Å². The summed E-state index contributed by atoms with van der Waals surface area (Å²) in [7, 11) is 1.87. The Morgan fingerprint density at radius 3 is 3.17 bits per heavy atom. The highest BCUT2D eigenvalue weighted by Crippen LogP contribution is 2.33. The summed E-state index contributed by atoms with van der Waals surface area (Å²) in [5.41, 5.74) is 2.31. The van der Waals surface area contributed by atoms with E-state index in [1.54, 1.807) is 10.9 Å². The third-order valence-electron chi connectivity index (χ3n) is 2.90. The number of aromatic nitrogens is 2. The molecule has 0 saturated carbocycles. The maximum Gasteiger partial charge on any atom is 0.157 e. The number of rotatable bonds is 3. The van der Waals surface area contributed by atoms with Crippen molar-refractivity contribution in [3.63, 3.8) is 0 Å². The SMILES string of the molecule is Cn1cc(OCc2cc(Br)cc3c2OCC3)cn1. The number of fused-ring (bicyclic) bond motifs is 1. The molecular formula is C13H13BrN2O2. The first-order valence-electron chi connectivity index (χ1n) is 5.78. The highest BCUT2D eigenvalue weighted by molar-refractivity contribution is 9.10. The minimum Gasteiger partial charge on any atom is -0.493 e. The Bertz CT molecular complexity index is 580. The van der Waals surface area contributed by atoms with E-state index in [-0.39, 0.29) is 0 Å². The van der Waals surface area contributed by atoms with Gasteiger partial charge in [-0.05, 0) is 17.7 Å². The van der Waals surface area contributed by atoms with Gasteiger partial charge in [-0.1, -0.05) is 15.9 Å². The molecule has 0 aliphatic carbocycles. The third-order valence-corrected chi connectivity index (χ3v) is 3.36. The van der Waals surface area contributed by atoms with E-state index in [0.717, 1.165) is 34.6 Å². The van der Waals surface area contributed by atoms with Crippen LogP contribution in [0.3, 0.4) is 0 Å². The fraction of sp³-hybridized carbons (Fsp3) is 0.308. The Labute approximate surface area is 114 Å². The molecule has 5 heteroatoms. The van der Waals surface area contributed by atoms with Gasteiger partial charge in [-0.3, -0.25) is 4.68 Å². The molecule has 0 spiro atoms. The van der Waals surface area contributed by atoms with Crippen molar-refractivity contribution in [3.05, 3.63) is 40.1 Å². The molecule has 0 N–H and O–H groups in total. The lowest BCUT2D eigenvalue weighted by molar-refractivity contribution is 0.291. The Morgan fingerprint density at radius 1 is 1.50 bits per heavy atom. The number of halogens is 1. The Hall–Kier alpha value is -1.49. The van der Waals surface area contributed by atoms with E-state index < -0.39 is 0 Å². The molecule has 3 rings (SSSR count). The van der Waals surface area contributed by atoms with Crippen molar-refractivity contribution < 1.29 is 9.47 Å². The third kappa shape index (κ3) is 2.22. The first-order chi connectivity index (χ1) is 8.72. The van der Waals surface area contributed by atoms with Crippen LogP contribution in [0.15, 0.2) is 29.0 Å². The van der Waals surface area contributed by atoms with Crippen molar-refractivity contribution in [1.82, 2.24) is 9.78 Å². The summed E-state index contributed by atoms with van der Waals surface area (Å²) in [6.07, 6.45) is 4.52. The van der Waals surface area contributed by atoms with E-state index in [2.05, 4.69) is 27.1 Å². The van der Waals surface area contributed by atoms with E-state index in [1.165, 1.54) is 5.56 Å². The molecule has 0 radical (unpaired) electrons. The first-order valence-corrected chi connectivity index (χ1v) is 6.57. The van der Waals surface area contributed by atoms with Crippen LogP contribution in [0.4, 0.5) is 0 Å². The van der Waals surface area contributed by atoms with Crippen molar-refractivity contribution in [3.8, 4) is 11.5 Å². The summed E-state index contributed by atoms with van der Waals surface area (Å²) in [6.45, 7) is 1.25. The zero-order valence-electron chi connectivity index (χ0n) is 10.0. The molecule has 2 aromatic rings. The van der Waals surface area contributed by atoms with Gasteiger partial charge in [0.2, 0.25) is 0 Å². The fourth-order valence-corrected chi connectivity index (χ4v) is 2.64. The van der Waals surface area contributed by atoms with Crippen LogP contribution >= 0.6 is 15.9 Å². The van der Waals surface area contributed by atoms with Crippen LogP contribution in [-0.4, -0.2) is 16.4 Å². The van der Waals surface area contributed by atoms with E-state index in [0.29, 0.717) is 6.61 Å². The standard InChI is InChI=1S/C13H13BrN2O2/c1-16-7-12(6-15-16)18-8-10-5-11(14)4-9-2-3-17-13(9)10/h4-7H,2-3,8H2,1H3. The van der Waals surface area contributed by atoms with Crippen molar-refractivity contribution in [2.45, 2.75) is 13.0 Å². The first kappa shape index (κ1) is 11.6. The number of hydrogen-bond acceptors (Lipinski definition) is 3. The summed E-state index contributed by atoms with van der Waals surface area (Å²) in [4.78, 5) is 0. The molecule has 1 aromatic heterocycles. The second-order valence-corrected chi connectivity index (χ2v) is 5.21. The molecule has 1 aliphatic rings. The molecule has 0 bridgehead atoms. The van der Waals surface area contributed by atoms with Gasteiger partial charge in [0.1, 0.15) is 12.4 Å². The van der Waals surface area contributed by atoms with Crippen LogP contribution in [0.25, 0.3) is 0 Å². The van der Waals surface area contributed by atoms with Gasteiger partial charge in [-0.25, -0.2) is 0 Å². The van der Waals surface area contributed by atoms with E-state index in [1.807, 2.05) is 19.3 Å². The summed E-state index contributed by atoms with van der Waals surface area (Å²) < 4.78 is 14.2. The monoisotopic (exact) mass is 308 g/mol. The summed E-state index contributed by atoms with van der Waals surface area (Å²) in [5, 5.41) is 4.07. The van der Waals surface area contributed by atoms with Crippen LogP contribution in [-0.2, 0) is 20.1 Å². The molecule has 0 saturated heterocycles. The average molecular weight is 309 g/mol. The fourth-order valence-electron chi connectivity index (χ4n) is 2.09. The number of aryl methyl sites for hydroxylation is 1. The zero-order chi connectivity index (χ0) is 12.5. The second-order valence-electron chi connectivity index (χ2n) is 4.29. The molecule has 0 unspecified atom stereocenters. The van der Waals surface area contributed by atoms with E-state index in [9.17, 15) is 0 Å². The molecule has 1 aliphatic heterocycles. The van der Waals surface area contributed by atoms with Crippen molar-refractivity contribution in [1.29, 1.82) is 0 Å². The van der Waals surface area contributed by atoms with Gasteiger partial charge < -0.3 is 9.47 Å². The molecule has 18 heavy (non-hydrogen) atoms. The second kappa shape index (κ2) is 4.65. The van der Waals surface area contributed by atoms with Crippen LogP contribution < -0.4 is 9.47 Å². The molecule has 2 heterocycles. The van der Waals surface area contributed by atoms with Crippen LogP contribution in [0, 0.1) is 0 Å². The van der Waals surface area contributed by atoms with Crippen molar-refractivity contribution in [2.75, 3.05) is 6.61 Å². The topological polar surface area (TPSA) is 36.3 Å². The number of benzene rings is 1. The van der Waals surface area contributed by atoms with E-state index in [4.69, 9.17) is 9.47 Å². The van der Waals surface area contributed by atoms with Crippen molar-refractivity contribution >= 4 is 15.9 Å². The minimum absolute atomic E-state index is 0.494. The van der Waals surface area contributed by atoms with Gasteiger partial charge >= 0.3 is 0 Å². The molecule has 0 fully saturated rings. The lowest BCUT2D eigenvalue weighted by atomic mass is 10.1. The highest BCUT2D eigenvalue weighted by atomic mass is 79.9. The quantitative estimate of drug-likeness (QED) is 0.874. The normalized spacial score (nSPS) is 13.2. The predicted octanol–water partition coefficient (Wildman–Crippen LogP) is 2.70. The van der Waals surface area contributed by atoms with Gasteiger partial charge in [-0.2, -0.15) is 5.10 Å². The molecule has 0 amide bonds. The molecule has 0 atom stereocenters. The van der Waals surface area contributed by atoms with Gasteiger partial charge in [-0.15, -0.1) is 0 Å². The van der Waals surface area contributed by atoms with Gasteiger partial charge in [0.05, 0.1) is 19.0 Å². The number of ether oxygens (including phenoxy) is 2. The Balaban J connectivity index is 1.80. The highest BCUT2D eigenvalue weighted by Gasteiger charge is 2.17. The van der Waals surface area contributed by atoms with Gasteiger partial charge in [0, 0.05) is 23.5 Å². The van der Waals surface area contributed by atoms with Crippen molar-refractivity contribution in [2.24, 2.45) is 7.05 Å². The minimum atomic E-state index is 0.494. The average Bonchev–Trinajstić information content (AvgIpc) is 2.94. The summed E-state index contributed by atoms with van der Waals surface area (Å²) in [5.74, 6) is 1.74. The maximum atomic E-state index is 5.71. The Kier molecular flexibility index (Phi) is 2.99. The lowest BCUT2D eigenvalue weighted by Gasteiger charge is -2.09. The predicted molar refractivity (Wildman–Crippen MR) is 70.9 cm³/mol. The smallest absolute Gasteiger partial charge is 0.157 e. The van der Waals surface area contributed by atoms with Crippen LogP contribution in [0.5, 0.6) is 11.5 Å². The summed E-state index contributed by atoms with van der Waals surface area (Å²) in [6, 6.07) is 4.15. The summed E-state index contributed by atoms with van der Waals surface area (Å²) >= 11 is 3.52. The van der Waals surface area contributed by atoms with Gasteiger partial charge in [0.15, 0.2) is 5.75 Å². The largest absolute Gasteiger partial charge is 0.493 e. The molecule has 4 nitrogen and oxygen atoms in total. The lowest BCUT2D eigenvalue weighted by Crippen LogP contribution is -1.98. The molecule has 1 aromatic carbocycles. The molecular weight excluding hydrogens is 296 g/mol.